The molecule has 1 heterocycles. The van der Waals surface area contributed by atoms with Gasteiger partial charge >= 0.3 is 0 Å². The van der Waals surface area contributed by atoms with Gasteiger partial charge in [0.2, 0.25) is 5.91 Å². The quantitative estimate of drug-likeness (QED) is 0.945. The Morgan fingerprint density at radius 3 is 2.87 bits per heavy atom. The summed E-state index contributed by atoms with van der Waals surface area (Å²) in [7, 11) is 1.56. The van der Waals surface area contributed by atoms with Crippen LogP contribution in [0.25, 0.3) is 0 Å². The summed E-state index contributed by atoms with van der Waals surface area (Å²) in [5.74, 6) is -0.827. The maximum atomic E-state index is 13.6. The van der Waals surface area contributed by atoms with Gasteiger partial charge in [-0.1, -0.05) is 0 Å². The van der Waals surface area contributed by atoms with Crippen LogP contribution in [0.15, 0.2) is 36.4 Å². The number of carbonyl (C=O) groups excluding carboxylic acids is 1. The normalized spacial score (nSPS) is 16.2. The zero-order valence-electron chi connectivity index (χ0n) is 12.4. The van der Waals surface area contributed by atoms with Crippen LogP contribution in [-0.4, -0.2) is 19.6 Å². The number of anilines is 1. The summed E-state index contributed by atoms with van der Waals surface area (Å²) in [5.41, 5.74) is 0.668. The molecule has 2 aromatic rings. The van der Waals surface area contributed by atoms with Crippen LogP contribution in [0.4, 0.5) is 14.5 Å². The van der Waals surface area contributed by atoms with Gasteiger partial charge in [-0.2, -0.15) is 0 Å². The van der Waals surface area contributed by atoms with Gasteiger partial charge in [0.05, 0.1) is 18.7 Å². The molecular formula is C17H15F2NO3. The summed E-state index contributed by atoms with van der Waals surface area (Å²) < 4.78 is 37.5. The predicted octanol–water partition coefficient (Wildman–Crippen LogP) is 3.16. The van der Waals surface area contributed by atoms with Crippen LogP contribution in [0.2, 0.25) is 0 Å². The number of hydrogen-bond donors (Lipinski definition) is 1. The number of rotatable bonds is 3. The molecule has 0 spiro atoms. The maximum absolute atomic E-state index is 13.6. The van der Waals surface area contributed by atoms with Gasteiger partial charge in [-0.25, -0.2) is 8.78 Å². The first-order valence-electron chi connectivity index (χ1n) is 7.12. The monoisotopic (exact) mass is 319 g/mol. The van der Waals surface area contributed by atoms with Gasteiger partial charge in [-0.3, -0.25) is 4.79 Å². The highest BCUT2D eigenvalue weighted by Gasteiger charge is 2.27. The average Bonchev–Trinajstić information content (AvgIpc) is 2.57. The van der Waals surface area contributed by atoms with E-state index in [1.54, 1.807) is 25.3 Å². The number of ether oxygens (including phenoxy) is 2. The molecule has 0 aromatic heterocycles. The van der Waals surface area contributed by atoms with Gasteiger partial charge in [0.15, 0.2) is 0 Å². The number of nitrogens with one attached hydrogen (secondary N) is 1. The molecule has 0 saturated carbocycles. The molecule has 23 heavy (non-hydrogen) atoms. The van der Waals surface area contributed by atoms with Crippen molar-refractivity contribution in [2.24, 2.45) is 5.92 Å². The molecule has 3 rings (SSSR count). The Morgan fingerprint density at radius 1 is 1.26 bits per heavy atom. The van der Waals surface area contributed by atoms with Gasteiger partial charge in [-0.05, 0) is 42.3 Å². The second kappa shape index (κ2) is 6.24. The average molecular weight is 319 g/mol. The number of fused-ring (bicyclic) bond motifs is 1. The summed E-state index contributed by atoms with van der Waals surface area (Å²) in [6.07, 6.45) is 0.440. The molecule has 6 heteroatoms. The van der Waals surface area contributed by atoms with Crippen LogP contribution in [-0.2, 0) is 11.2 Å². The van der Waals surface area contributed by atoms with Crippen LogP contribution < -0.4 is 14.8 Å². The van der Waals surface area contributed by atoms with E-state index in [1.807, 2.05) is 0 Å². The van der Waals surface area contributed by atoms with E-state index in [9.17, 15) is 13.6 Å². The fourth-order valence-corrected chi connectivity index (χ4v) is 2.49. The molecule has 0 bridgehead atoms. The number of benzene rings is 2. The molecule has 0 aliphatic carbocycles. The highest BCUT2D eigenvalue weighted by atomic mass is 19.1. The van der Waals surface area contributed by atoms with Crippen molar-refractivity contribution in [3.8, 4) is 11.5 Å². The molecule has 1 N–H and O–H groups in total. The topological polar surface area (TPSA) is 47.6 Å². The number of methoxy groups -OCH3 is 1. The van der Waals surface area contributed by atoms with E-state index < -0.39 is 23.5 Å². The van der Waals surface area contributed by atoms with Crippen molar-refractivity contribution in [3.05, 3.63) is 53.6 Å². The highest BCUT2D eigenvalue weighted by Crippen LogP contribution is 2.31. The van der Waals surface area contributed by atoms with Gasteiger partial charge < -0.3 is 14.8 Å². The Labute approximate surface area is 132 Å². The molecule has 1 amide bonds. The van der Waals surface area contributed by atoms with Gasteiger partial charge in [0, 0.05) is 6.07 Å². The third kappa shape index (κ3) is 3.26. The van der Waals surface area contributed by atoms with E-state index in [0.29, 0.717) is 17.9 Å². The Kier molecular flexibility index (Phi) is 4.14. The molecular weight excluding hydrogens is 304 g/mol. The molecule has 0 radical (unpaired) electrons. The second-order valence-electron chi connectivity index (χ2n) is 5.30. The predicted molar refractivity (Wildman–Crippen MR) is 80.7 cm³/mol. The van der Waals surface area contributed by atoms with Crippen molar-refractivity contribution in [2.75, 3.05) is 19.0 Å². The number of amides is 1. The summed E-state index contributed by atoms with van der Waals surface area (Å²) >= 11 is 0. The standard InChI is InChI=1S/C17H15F2NO3/c1-22-13-3-5-16-10(7-13)6-11(9-23-16)17(21)20-15-8-12(18)2-4-14(15)19/h2-5,7-8,11H,6,9H2,1H3,(H,20,21)/t11-/m1/s1. The zero-order chi connectivity index (χ0) is 16.4. The Morgan fingerprint density at radius 2 is 2.09 bits per heavy atom. The smallest absolute Gasteiger partial charge is 0.231 e. The first-order chi connectivity index (χ1) is 11.1. The molecule has 1 aliphatic heterocycles. The van der Waals surface area contributed by atoms with Crippen LogP contribution in [0.1, 0.15) is 5.56 Å². The van der Waals surface area contributed by atoms with E-state index in [4.69, 9.17) is 9.47 Å². The summed E-state index contributed by atoms with van der Waals surface area (Å²) in [4.78, 5) is 12.3. The molecule has 1 atom stereocenters. The third-order valence-electron chi connectivity index (χ3n) is 3.73. The van der Waals surface area contributed by atoms with Gasteiger partial charge in [-0.15, -0.1) is 0 Å². The number of halogens is 2. The molecule has 120 valence electrons. The van der Waals surface area contributed by atoms with Crippen LogP contribution in [0.5, 0.6) is 11.5 Å². The lowest BCUT2D eigenvalue weighted by molar-refractivity contribution is -0.121. The van der Waals surface area contributed by atoms with Gasteiger partial charge in [0.1, 0.15) is 29.7 Å². The van der Waals surface area contributed by atoms with E-state index in [0.717, 1.165) is 23.8 Å². The highest BCUT2D eigenvalue weighted by molar-refractivity contribution is 5.93. The van der Waals surface area contributed by atoms with E-state index >= 15 is 0 Å². The molecule has 4 nitrogen and oxygen atoms in total. The lowest BCUT2D eigenvalue weighted by Crippen LogP contribution is -2.32. The van der Waals surface area contributed by atoms with Crippen molar-refractivity contribution in [2.45, 2.75) is 6.42 Å². The van der Waals surface area contributed by atoms with Crippen molar-refractivity contribution >= 4 is 11.6 Å². The molecule has 0 saturated heterocycles. The third-order valence-corrected chi connectivity index (χ3v) is 3.73. The maximum Gasteiger partial charge on any atom is 0.231 e. The van der Waals surface area contributed by atoms with E-state index in [2.05, 4.69) is 5.32 Å². The van der Waals surface area contributed by atoms with E-state index in [-0.39, 0.29) is 12.3 Å². The zero-order valence-corrected chi connectivity index (χ0v) is 12.4. The minimum absolute atomic E-state index is 0.175. The summed E-state index contributed by atoms with van der Waals surface area (Å²) in [6.45, 7) is 0.183. The Balaban J connectivity index is 1.75. The van der Waals surface area contributed by atoms with E-state index in [1.165, 1.54) is 0 Å². The van der Waals surface area contributed by atoms with Crippen molar-refractivity contribution in [1.82, 2.24) is 0 Å². The molecule has 0 unspecified atom stereocenters. The van der Waals surface area contributed by atoms with Gasteiger partial charge in [0.25, 0.3) is 0 Å². The Hall–Kier alpha value is -2.63. The van der Waals surface area contributed by atoms with Crippen molar-refractivity contribution < 1.29 is 23.0 Å². The first-order valence-corrected chi connectivity index (χ1v) is 7.12. The Bertz CT molecular complexity index is 749. The summed E-state index contributed by atoms with van der Waals surface area (Å²) in [6, 6.07) is 8.29. The largest absolute Gasteiger partial charge is 0.497 e. The molecule has 2 aromatic carbocycles. The lowest BCUT2D eigenvalue weighted by atomic mass is 9.95. The second-order valence-corrected chi connectivity index (χ2v) is 5.30. The van der Waals surface area contributed by atoms with Crippen LogP contribution in [0, 0.1) is 17.6 Å². The molecule has 1 aliphatic rings. The first kappa shape index (κ1) is 15.3. The van der Waals surface area contributed by atoms with Crippen molar-refractivity contribution in [1.29, 1.82) is 0 Å². The van der Waals surface area contributed by atoms with Crippen LogP contribution in [0.3, 0.4) is 0 Å². The fraction of sp³-hybridized carbons (Fsp3) is 0.235. The minimum atomic E-state index is -0.682. The van der Waals surface area contributed by atoms with Crippen molar-refractivity contribution in [3.63, 3.8) is 0 Å². The summed E-state index contributed by atoms with van der Waals surface area (Å²) in [5, 5.41) is 2.41. The lowest BCUT2D eigenvalue weighted by Gasteiger charge is -2.25. The SMILES string of the molecule is COc1ccc2c(c1)C[C@@H](C(=O)Nc1cc(F)ccc1F)CO2. The molecule has 0 fully saturated rings. The van der Waals surface area contributed by atoms with Crippen LogP contribution >= 0.6 is 0 Å². The number of carbonyl (C=O) groups is 1. The number of hydrogen-bond acceptors (Lipinski definition) is 3. The minimum Gasteiger partial charge on any atom is -0.497 e. The fourth-order valence-electron chi connectivity index (χ4n) is 2.49.